The molecule has 2 rings (SSSR count). The molecular weight excluding hydrogens is 255 g/mol. The van der Waals surface area contributed by atoms with E-state index >= 15 is 0 Å². The monoisotopic (exact) mass is 272 g/mol. The Kier molecular flexibility index (Phi) is 3.89. The van der Waals surface area contributed by atoms with Crippen molar-refractivity contribution in [3.05, 3.63) is 52.8 Å². The Labute approximate surface area is 118 Å². The molecule has 0 aliphatic rings. The number of carbonyl (C=O) groups excluding carboxylic acids is 1. The van der Waals surface area contributed by atoms with Crippen LogP contribution >= 0.6 is 0 Å². The highest BCUT2D eigenvalue weighted by Crippen LogP contribution is 2.36. The summed E-state index contributed by atoms with van der Waals surface area (Å²) in [6, 6.07) is 8.14. The smallest absolute Gasteiger partial charge is 0.159 e. The lowest BCUT2D eigenvalue weighted by molar-refractivity contribution is 0.101. The second kappa shape index (κ2) is 5.45. The number of Topliss-reactive ketones (excluding diaryl/α,β-unsaturated/α-hetero) is 1. The van der Waals surface area contributed by atoms with Gasteiger partial charge in [0.2, 0.25) is 0 Å². The van der Waals surface area contributed by atoms with Crippen LogP contribution in [0.1, 0.15) is 28.4 Å². The standard InChI is InChI=1S/C17H17FO2/c1-10-5-7-14(17(20-4)11(10)2)15-9-13(12(3)19)6-8-16(15)18/h5-9H,1-4H3. The van der Waals surface area contributed by atoms with Crippen LogP contribution in [0.25, 0.3) is 11.1 Å². The van der Waals surface area contributed by atoms with Crippen LogP contribution in [0.2, 0.25) is 0 Å². The fraction of sp³-hybridized carbons (Fsp3) is 0.235. The number of carbonyl (C=O) groups is 1. The number of halogens is 1. The zero-order valence-electron chi connectivity index (χ0n) is 12.1. The normalized spacial score (nSPS) is 10.4. The van der Waals surface area contributed by atoms with E-state index in [1.807, 2.05) is 26.0 Å². The quantitative estimate of drug-likeness (QED) is 0.778. The summed E-state index contributed by atoms with van der Waals surface area (Å²) in [6.07, 6.45) is 0. The Morgan fingerprint density at radius 2 is 1.80 bits per heavy atom. The highest BCUT2D eigenvalue weighted by molar-refractivity contribution is 5.95. The maximum Gasteiger partial charge on any atom is 0.159 e. The molecule has 0 amide bonds. The molecular formula is C17H17FO2. The van der Waals surface area contributed by atoms with E-state index in [0.717, 1.165) is 11.1 Å². The fourth-order valence-electron chi connectivity index (χ4n) is 2.22. The summed E-state index contributed by atoms with van der Waals surface area (Å²) < 4.78 is 19.5. The molecule has 0 bridgehead atoms. The molecule has 0 saturated carbocycles. The molecule has 0 unspecified atom stereocenters. The molecule has 104 valence electrons. The topological polar surface area (TPSA) is 26.3 Å². The van der Waals surface area contributed by atoms with Crippen molar-refractivity contribution in [1.82, 2.24) is 0 Å². The number of benzene rings is 2. The van der Waals surface area contributed by atoms with E-state index in [2.05, 4.69) is 0 Å². The van der Waals surface area contributed by atoms with Crippen molar-refractivity contribution in [1.29, 1.82) is 0 Å². The molecule has 0 aliphatic heterocycles. The van der Waals surface area contributed by atoms with Gasteiger partial charge in [0.05, 0.1) is 7.11 Å². The Bertz CT molecular complexity index is 675. The Hall–Kier alpha value is -2.16. The molecule has 0 radical (unpaired) electrons. The van der Waals surface area contributed by atoms with Gasteiger partial charge in [-0.05, 0) is 50.1 Å². The van der Waals surface area contributed by atoms with Crippen molar-refractivity contribution in [3.8, 4) is 16.9 Å². The summed E-state index contributed by atoms with van der Waals surface area (Å²) in [5, 5.41) is 0. The fourth-order valence-corrected chi connectivity index (χ4v) is 2.22. The molecule has 0 spiro atoms. The highest BCUT2D eigenvalue weighted by atomic mass is 19.1. The van der Waals surface area contributed by atoms with Crippen molar-refractivity contribution in [2.24, 2.45) is 0 Å². The molecule has 2 aromatic rings. The molecule has 0 N–H and O–H groups in total. The van der Waals surface area contributed by atoms with Gasteiger partial charge in [0, 0.05) is 16.7 Å². The molecule has 0 aromatic heterocycles. The molecule has 2 aromatic carbocycles. The highest BCUT2D eigenvalue weighted by Gasteiger charge is 2.15. The van der Waals surface area contributed by atoms with Gasteiger partial charge in [-0.2, -0.15) is 0 Å². The van der Waals surface area contributed by atoms with Gasteiger partial charge in [-0.1, -0.05) is 12.1 Å². The van der Waals surface area contributed by atoms with Crippen molar-refractivity contribution >= 4 is 5.78 Å². The van der Waals surface area contributed by atoms with Crippen LogP contribution in [0.4, 0.5) is 4.39 Å². The third-order valence-electron chi connectivity index (χ3n) is 3.54. The summed E-state index contributed by atoms with van der Waals surface area (Å²) >= 11 is 0. The number of hydrogen-bond donors (Lipinski definition) is 0. The zero-order chi connectivity index (χ0) is 14.9. The first-order valence-electron chi connectivity index (χ1n) is 6.40. The molecule has 20 heavy (non-hydrogen) atoms. The van der Waals surface area contributed by atoms with Gasteiger partial charge in [0.25, 0.3) is 0 Å². The molecule has 0 aliphatic carbocycles. The van der Waals surface area contributed by atoms with Crippen LogP contribution in [-0.2, 0) is 0 Å². The van der Waals surface area contributed by atoms with Gasteiger partial charge < -0.3 is 4.74 Å². The lowest BCUT2D eigenvalue weighted by Crippen LogP contribution is -1.98. The van der Waals surface area contributed by atoms with Crippen molar-refractivity contribution in [2.45, 2.75) is 20.8 Å². The van der Waals surface area contributed by atoms with E-state index in [4.69, 9.17) is 4.74 Å². The van der Waals surface area contributed by atoms with Crippen LogP contribution in [0.15, 0.2) is 30.3 Å². The van der Waals surface area contributed by atoms with E-state index in [1.54, 1.807) is 13.2 Å². The van der Waals surface area contributed by atoms with Crippen LogP contribution in [-0.4, -0.2) is 12.9 Å². The number of rotatable bonds is 3. The first kappa shape index (κ1) is 14.3. The summed E-state index contributed by atoms with van der Waals surface area (Å²) in [5.41, 5.74) is 3.59. The van der Waals surface area contributed by atoms with Gasteiger partial charge in [0.1, 0.15) is 11.6 Å². The molecule has 0 heterocycles. The van der Waals surface area contributed by atoms with E-state index in [9.17, 15) is 9.18 Å². The number of aryl methyl sites for hydroxylation is 1. The average molecular weight is 272 g/mol. The van der Waals surface area contributed by atoms with Gasteiger partial charge in [-0.15, -0.1) is 0 Å². The van der Waals surface area contributed by atoms with Gasteiger partial charge in [-0.3, -0.25) is 4.79 Å². The van der Waals surface area contributed by atoms with Crippen molar-refractivity contribution in [3.63, 3.8) is 0 Å². The maximum atomic E-state index is 14.1. The summed E-state index contributed by atoms with van der Waals surface area (Å²) in [5.74, 6) is 0.190. The minimum absolute atomic E-state index is 0.0888. The summed E-state index contributed by atoms with van der Waals surface area (Å²) in [7, 11) is 1.57. The minimum atomic E-state index is -0.364. The third-order valence-corrected chi connectivity index (χ3v) is 3.54. The van der Waals surface area contributed by atoms with Crippen molar-refractivity contribution in [2.75, 3.05) is 7.11 Å². The van der Waals surface area contributed by atoms with Gasteiger partial charge in [0.15, 0.2) is 5.78 Å². The van der Waals surface area contributed by atoms with Crippen LogP contribution in [0.3, 0.4) is 0 Å². The Morgan fingerprint density at radius 1 is 1.10 bits per heavy atom. The maximum absolute atomic E-state index is 14.1. The molecule has 2 nitrogen and oxygen atoms in total. The lowest BCUT2D eigenvalue weighted by atomic mass is 9.96. The van der Waals surface area contributed by atoms with E-state index < -0.39 is 0 Å². The van der Waals surface area contributed by atoms with Gasteiger partial charge in [-0.25, -0.2) is 4.39 Å². The second-order valence-corrected chi connectivity index (χ2v) is 4.84. The lowest BCUT2D eigenvalue weighted by Gasteiger charge is -2.14. The average Bonchev–Trinajstić information content (AvgIpc) is 2.42. The van der Waals surface area contributed by atoms with Crippen LogP contribution in [0, 0.1) is 19.7 Å². The summed E-state index contributed by atoms with van der Waals surface area (Å²) in [4.78, 5) is 11.5. The first-order valence-corrected chi connectivity index (χ1v) is 6.40. The van der Waals surface area contributed by atoms with Crippen LogP contribution < -0.4 is 4.74 Å². The van der Waals surface area contributed by atoms with Crippen LogP contribution in [0.5, 0.6) is 5.75 Å². The van der Waals surface area contributed by atoms with E-state index in [1.165, 1.54) is 19.1 Å². The Balaban J connectivity index is 2.71. The largest absolute Gasteiger partial charge is 0.496 e. The predicted molar refractivity (Wildman–Crippen MR) is 77.9 cm³/mol. The predicted octanol–water partition coefficient (Wildman–Crippen LogP) is 4.32. The van der Waals surface area contributed by atoms with Gasteiger partial charge >= 0.3 is 0 Å². The number of ketones is 1. The minimum Gasteiger partial charge on any atom is -0.496 e. The number of ether oxygens (including phenoxy) is 1. The van der Waals surface area contributed by atoms with E-state index in [-0.39, 0.29) is 11.6 Å². The first-order chi connectivity index (χ1) is 9.45. The molecule has 0 fully saturated rings. The molecule has 3 heteroatoms. The number of hydrogen-bond acceptors (Lipinski definition) is 2. The third kappa shape index (κ3) is 2.44. The Morgan fingerprint density at radius 3 is 2.40 bits per heavy atom. The molecule has 0 saturated heterocycles. The van der Waals surface area contributed by atoms with Crippen molar-refractivity contribution < 1.29 is 13.9 Å². The zero-order valence-corrected chi connectivity index (χ0v) is 12.1. The summed E-state index contributed by atoms with van der Waals surface area (Å²) in [6.45, 7) is 5.38. The van der Waals surface area contributed by atoms with E-state index in [0.29, 0.717) is 22.4 Å². The molecule has 0 atom stereocenters. The number of methoxy groups -OCH3 is 1. The second-order valence-electron chi connectivity index (χ2n) is 4.84. The SMILES string of the molecule is COc1c(-c2cc(C(C)=O)ccc2F)ccc(C)c1C.